The molecule has 0 amide bonds. The van der Waals surface area contributed by atoms with Crippen LogP contribution in [0.3, 0.4) is 0 Å². The van der Waals surface area contributed by atoms with Gasteiger partial charge in [-0.25, -0.2) is 0 Å². The summed E-state index contributed by atoms with van der Waals surface area (Å²) in [4.78, 5) is 0. The molecule has 2 heteroatoms. The molecule has 78 valence electrons. The number of benzene rings is 1. The molecule has 1 aliphatic heterocycles. The maximum Gasteiger partial charge on any atom is 0.122 e. The molecule has 0 atom stereocenters. The largest absolute Gasteiger partial charge is 0.493 e. The minimum atomic E-state index is 0.204. The topological polar surface area (TPSA) is 35.2 Å². The van der Waals surface area contributed by atoms with E-state index in [1.165, 1.54) is 30.4 Å². The van der Waals surface area contributed by atoms with Gasteiger partial charge in [-0.3, -0.25) is 0 Å². The summed E-state index contributed by atoms with van der Waals surface area (Å²) in [5.41, 5.74) is 9.64. The summed E-state index contributed by atoms with van der Waals surface area (Å²) in [5.74, 6) is 1.09. The number of rotatable bonds is 1. The van der Waals surface area contributed by atoms with Gasteiger partial charge < -0.3 is 10.5 Å². The zero-order chi connectivity index (χ0) is 10.1. The van der Waals surface area contributed by atoms with E-state index in [9.17, 15) is 0 Å². The molecule has 1 aromatic carbocycles. The lowest BCUT2D eigenvalue weighted by Crippen LogP contribution is -2.74. The Labute approximate surface area is 89.4 Å². The highest BCUT2D eigenvalue weighted by Gasteiger charge is 2.66. The third kappa shape index (κ3) is 0.888. The molecule has 2 bridgehead atoms. The van der Waals surface area contributed by atoms with E-state index in [1.54, 1.807) is 0 Å². The van der Waals surface area contributed by atoms with Crippen molar-refractivity contribution in [3.63, 3.8) is 0 Å². The first-order valence-corrected chi connectivity index (χ1v) is 5.74. The van der Waals surface area contributed by atoms with Crippen molar-refractivity contribution in [1.82, 2.24) is 0 Å². The number of hydrogen-bond donors (Lipinski definition) is 1. The van der Waals surface area contributed by atoms with E-state index in [4.69, 9.17) is 10.5 Å². The average molecular weight is 201 g/mol. The number of fused-ring (bicyclic) bond motifs is 1. The van der Waals surface area contributed by atoms with Gasteiger partial charge in [0, 0.05) is 17.4 Å². The highest BCUT2D eigenvalue weighted by Crippen LogP contribution is 2.66. The standard InChI is InChI=1S/C13H15NO/c14-13-6-12(7-13,8-13)10-1-2-11-9(5-10)3-4-15-11/h1-2,5H,3-4,6-8,14H2. The van der Waals surface area contributed by atoms with E-state index in [0.717, 1.165) is 18.8 Å². The maximum atomic E-state index is 6.10. The van der Waals surface area contributed by atoms with Crippen molar-refractivity contribution in [3.05, 3.63) is 29.3 Å². The fourth-order valence-corrected chi connectivity index (χ4v) is 3.69. The summed E-state index contributed by atoms with van der Waals surface area (Å²) in [7, 11) is 0. The first kappa shape index (κ1) is 8.17. The van der Waals surface area contributed by atoms with Crippen molar-refractivity contribution in [2.75, 3.05) is 6.61 Å². The maximum absolute atomic E-state index is 6.10. The summed E-state index contributed by atoms with van der Waals surface area (Å²) in [5, 5.41) is 0. The Balaban J connectivity index is 1.73. The lowest BCUT2D eigenvalue weighted by Gasteiger charge is -2.69. The first-order chi connectivity index (χ1) is 7.19. The Hall–Kier alpha value is -1.02. The smallest absolute Gasteiger partial charge is 0.122 e. The Bertz CT molecular complexity index is 432. The molecule has 2 N–H and O–H groups in total. The zero-order valence-electron chi connectivity index (χ0n) is 8.75. The van der Waals surface area contributed by atoms with Gasteiger partial charge in [-0.2, -0.15) is 0 Å². The summed E-state index contributed by atoms with van der Waals surface area (Å²) >= 11 is 0. The van der Waals surface area contributed by atoms with Gasteiger partial charge in [0.1, 0.15) is 5.75 Å². The molecule has 0 unspecified atom stereocenters. The molecule has 4 aliphatic rings. The van der Waals surface area contributed by atoms with E-state index < -0.39 is 0 Å². The lowest BCUT2D eigenvalue weighted by atomic mass is 9.38. The van der Waals surface area contributed by atoms with Crippen LogP contribution in [-0.4, -0.2) is 12.1 Å². The van der Waals surface area contributed by atoms with E-state index >= 15 is 0 Å². The molecule has 5 rings (SSSR count). The molecule has 0 spiro atoms. The third-order valence-corrected chi connectivity index (χ3v) is 4.37. The molecule has 0 saturated heterocycles. The van der Waals surface area contributed by atoms with Crippen molar-refractivity contribution < 1.29 is 4.74 Å². The highest BCUT2D eigenvalue weighted by atomic mass is 16.5. The van der Waals surface area contributed by atoms with Crippen LogP contribution in [-0.2, 0) is 11.8 Å². The fraction of sp³-hybridized carbons (Fsp3) is 0.538. The van der Waals surface area contributed by atoms with E-state index in [1.807, 2.05) is 0 Å². The molecule has 0 aromatic heterocycles. The average Bonchev–Trinajstić information content (AvgIpc) is 2.57. The first-order valence-electron chi connectivity index (χ1n) is 5.74. The van der Waals surface area contributed by atoms with Crippen LogP contribution in [0.5, 0.6) is 5.75 Å². The predicted molar refractivity (Wildman–Crippen MR) is 58.1 cm³/mol. The van der Waals surface area contributed by atoms with Crippen molar-refractivity contribution in [3.8, 4) is 5.75 Å². The molecule has 3 fully saturated rings. The Kier molecular flexibility index (Phi) is 1.21. The molecule has 3 aliphatic carbocycles. The van der Waals surface area contributed by atoms with E-state index in [0.29, 0.717) is 5.41 Å². The fourth-order valence-electron chi connectivity index (χ4n) is 3.69. The zero-order valence-corrected chi connectivity index (χ0v) is 8.75. The second-order valence-corrected chi connectivity index (χ2v) is 5.59. The summed E-state index contributed by atoms with van der Waals surface area (Å²) < 4.78 is 5.53. The highest BCUT2D eigenvalue weighted by molar-refractivity contribution is 5.47. The molecule has 1 heterocycles. The molecule has 0 radical (unpaired) electrons. The van der Waals surface area contributed by atoms with Crippen molar-refractivity contribution in [1.29, 1.82) is 0 Å². The normalized spacial score (nSPS) is 40.1. The second kappa shape index (κ2) is 2.22. The van der Waals surface area contributed by atoms with Crippen molar-refractivity contribution in [2.45, 2.75) is 36.6 Å². The van der Waals surface area contributed by atoms with Crippen LogP contribution in [0.1, 0.15) is 30.4 Å². The SMILES string of the molecule is NC12CC(c3ccc4c(c3)CCO4)(C1)C2. The van der Waals surface area contributed by atoms with Gasteiger partial charge >= 0.3 is 0 Å². The van der Waals surface area contributed by atoms with Crippen molar-refractivity contribution >= 4 is 0 Å². The van der Waals surface area contributed by atoms with Crippen molar-refractivity contribution in [2.24, 2.45) is 5.73 Å². The van der Waals surface area contributed by atoms with Gasteiger partial charge in [0.2, 0.25) is 0 Å². The lowest BCUT2D eigenvalue weighted by molar-refractivity contribution is -0.0590. The van der Waals surface area contributed by atoms with Crippen LogP contribution >= 0.6 is 0 Å². The number of hydrogen-bond acceptors (Lipinski definition) is 2. The second-order valence-electron chi connectivity index (χ2n) is 5.59. The van der Waals surface area contributed by atoms with E-state index in [2.05, 4.69) is 18.2 Å². The van der Waals surface area contributed by atoms with Gasteiger partial charge in [0.05, 0.1) is 6.61 Å². The Morgan fingerprint density at radius 3 is 2.73 bits per heavy atom. The molecule has 2 nitrogen and oxygen atoms in total. The molecule has 1 aromatic rings. The Morgan fingerprint density at radius 2 is 2.00 bits per heavy atom. The van der Waals surface area contributed by atoms with Gasteiger partial charge in [0.25, 0.3) is 0 Å². The minimum Gasteiger partial charge on any atom is -0.493 e. The summed E-state index contributed by atoms with van der Waals surface area (Å²) in [6.07, 6.45) is 4.66. The molecule has 3 saturated carbocycles. The minimum absolute atomic E-state index is 0.204. The number of ether oxygens (including phenoxy) is 1. The molecule has 15 heavy (non-hydrogen) atoms. The van der Waals surface area contributed by atoms with Crippen LogP contribution in [0.25, 0.3) is 0 Å². The van der Waals surface area contributed by atoms with Crippen LogP contribution in [0.15, 0.2) is 18.2 Å². The van der Waals surface area contributed by atoms with Gasteiger partial charge in [-0.15, -0.1) is 0 Å². The predicted octanol–water partition coefficient (Wildman–Crippen LogP) is 1.75. The molecular formula is C13H15NO. The summed E-state index contributed by atoms with van der Waals surface area (Å²) in [6, 6.07) is 6.73. The number of nitrogens with two attached hydrogens (primary N) is 1. The Morgan fingerprint density at radius 1 is 1.20 bits per heavy atom. The van der Waals surface area contributed by atoms with Crippen LogP contribution in [0.2, 0.25) is 0 Å². The summed E-state index contributed by atoms with van der Waals surface area (Å²) in [6.45, 7) is 0.854. The monoisotopic (exact) mass is 201 g/mol. The van der Waals surface area contributed by atoms with Crippen LogP contribution in [0, 0.1) is 0 Å². The van der Waals surface area contributed by atoms with Gasteiger partial charge in [-0.1, -0.05) is 12.1 Å². The van der Waals surface area contributed by atoms with E-state index in [-0.39, 0.29) is 5.54 Å². The van der Waals surface area contributed by atoms with Gasteiger partial charge in [0.15, 0.2) is 0 Å². The molecular weight excluding hydrogens is 186 g/mol. The third-order valence-electron chi connectivity index (χ3n) is 4.37. The van der Waals surface area contributed by atoms with Crippen LogP contribution in [0.4, 0.5) is 0 Å². The quantitative estimate of drug-likeness (QED) is 0.751. The van der Waals surface area contributed by atoms with Crippen LogP contribution < -0.4 is 10.5 Å². The van der Waals surface area contributed by atoms with Gasteiger partial charge in [-0.05, 0) is 36.5 Å².